The van der Waals surface area contributed by atoms with Gasteiger partial charge in [0, 0.05) is 42.5 Å². The molecule has 2 heteroatoms. The van der Waals surface area contributed by atoms with Gasteiger partial charge in [0.25, 0.3) is 0 Å². The second-order valence-electron chi connectivity index (χ2n) is 13.8. The zero-order valence-corrected chi connectivity index (χ0v) is 28.3. The summed E-state index contributed by atoms with van der Waals surface area (Å²) in [5, 5.41) is 7.67. The number of hydrogen-bond donors (Lipinski definition) is 0. The Balaban J connectivity index is 1.24. The molecule has 49 heavy (non-hydrogen) atoms. The van der Waals surface area contributed by atoms with Crippen molar-refractivity contribution in [3.05, 3.63) is 175 Å². The van der Waals surface area contributed by atoms with Crippen molar-refractivity contribution in [2.24, 2.45) is 0 Å². The van der Waals surface area contributed by atoms with Gasteiger partial charge >= 0.3 is 0 Å². The summed E-state index contributed by atoms with van der Waals surface area (Å²) in [5.74, 6) is 0. The predicted molar refractivity (Wildman–Crippen MR) is 212 cm³/mol. The average Bonchev–Trinajstić information content (AvgIpc) is 3.61. The molecule has 0 amide bonds. The van der Waals surface area contributed by atoms with Gasteiger partial charge < -0.3 is 4.90 Å². The highest BCUT2D eigenvalue weighted by Crippen LogP contribution is 2.52. The molecule has 0 atom stereocenters. The second-order valence-corrected chi connectivity index (χ2v) is 14.8. The van der Waals surface area contributed by atoms with Crippen LogP contribution in [0, 0.1) is 0 Å². The predicted octanol–water partition coefficient (Wildman–Crippen LogP) is 13.8. The van der Waals surface area contributed by atoms with Crippen LogP contribution in [0.3, 0.4) is 0 Å². The summed E-state index contributed by atoms with van der Waals surface area (Å²) < 4.78 is 2.63. The van der Waals surface area contributed by atoms with Crippen LogP contribution in [0.25, 0.3) is 64.0 Å². The van der Waals surface area contributed by atoms with Crippen LogP contribution in [0.1, 0.15) is 25.0 Å². The van der Waals surface area contributed by atoms with Gasteiger partial charge in [0.2, 0.25) is 0 Å². The van der Waals surface area contributed by atoms with Gasteiger partial charge in [0.15, 0.2) is 0 Å². The number of rotatable bonds is 4. The molecule has 0 N–H and O–H groups in total. The lowest BCUT2D eigenvalue weighted by atomic mass is 9.82. The molecule has 0 radical (unpaired) electrons. The zero-order chi connectivity index (χ0) is 32.7. The summed E-state index contributed by atoms with van der Waals surface area (Å²) in [4.78, 5) is 2.48. The normalized spacial score (nSPS) is 13.3. The van der Waals surface area contributed by atoms with Crippen LogP contribution >= 0.6 is 11.3 Å². The van der Waals surface area contributed by atoms with Gasteiger partial charge in [-0.1, -0.05) is 129 Å². The molecular weight excluding hydrogens is 611 g/mol. The van der Waals surface area contributed by atoms with Gasteiger partial charge in [-0.3, -0.25) is 0 Å². The molecule has 0 fully saturated rings. The molecule has 0 spiro atoms. The number of anilines is 3. The van der Waals surface area contributed by atoms with E-state index in [2.05, 4.69) is 183 Å². The summed E-state index contributed by atoms with van der Waals surface area (Å²) in [5.41, 5.74) is 11.3. The topological polar surface area (TPSA) is 3.24 Å². The average molecular weight is 644 g/mol. The Bertz CT molecular complexity index is 2760. The largest absolute Gasteiger partial charge is 0.310 e. The molecule has 0 aliphatic heterocycles. The molecule has 0 saturated carbocycles. The summed E-state index contributed by atoms with van der Waals surface area (Å²) in [7, 11) is 0. The van der Waals surface area contributed by atoms with Crippen molar-refractivity contribution in [1.82, 2.24) is 0 Å². The maximum Gasteiger partial charge on any atom is 0.0540 e. The molecule has 232 valence electrons. The van der Waals surface area contributed by atoms with E-state index in [-0.39, 0.29) is 5.41 Å². The molecule has 8 aromatic carbocycles. The lowest BCUT2D eigenvalue weighted by molar-refractivity contribution is 0.660. The van der Waals surface area contributed by atoms with Crippen molar-refractivity contribution >= 4 is 70.1 Å². The Morgan fingerprint density at radius 3 is 1.90 bits per heavy atom. The molecule has 1 aliphatic rings. The number of benzene rings is 8. The van der Waals surface area contributed by atoms with Crippen LogP contribution in [0.2, 0.25) is 0 Å². The van der Waals surface area contributed by atoms with Crippen molar-refractivity contribution < 1.29 is 0 Å². The highest BCUT2D eigenvalue weighted by molar-refractivity contribution is 7.25. The summed E-state index contributed by atoms with van der Waals surface area (Å²) >= 11 is 1.88. The molecule has 1 heterocycles. The number of fused-ring (bicyclic) bond motifs is 8. The fourth-order valence-corrected chi connectivity index (χ4v) is 9.34. The van der Waals surface area contributed by atoms with E-state index in [0.29, 0.717) is 0 Å². The first kappa shape index (κ1) is 28.3. The van der Waals surface area contributed by atoms with Gasteiger partial charge in [-0.2, -0.15) is 0 Å². The van der Waals surface area contributed by atoms with Gasteiger partial charge in [0.05, 0.1) is 5.69 Å². The van der Waals surface area contributed by atoms with E-state index < -0.39 is 0 Å². The van der Waals surface area contributed by atoms with Crippen molar-refractivity contribution in [3.63, 3.8) is 0 Å². The Morgan fingerprint density at radius 2 is 1.02 bits per heavy atom. The zero-order valence-electron chi connectivity index (χ0n) is 27.4. The number of para-hydroxylation sites is 1. The SMILES string of the molecule is CC1(C)c2ccccc2-c2cc(N(c3ccc4sc5cc6ccccc6cc5c4c3)c3ccccc3-c3cccc4ccccc34)ccc21. The van der Waals surface area contributed by atoms with E-state index >= 15 is 0 Å². The maximum atomic E-state index is 2.48. The molecular formula is C47H33NS. The van der Waals surface area contributed by atoms with E-state index in [9.17, 15) is 0 Å². The third-order valence-electron chi connectivity index (χ3n) is 10.6. The van der Waals surface area contributed by atoms with E-state index in [0.717, 1.165) is 17.1 Å². The fraction of sp³-hybridized carbons (Fsp3) is 0.0638. The Hall–Kier alpha value is -5.70. The molecule has 1 aromatic heterocycles. The van der Waals surface area contributed by atoms with E-state index in [1.54, 1.807) is 0 Å². The van der Waals surface area contributed by atoms with E-state index in [1.165, 1.54) is 75.1 Å². The van der Waals surface area contributed by atoms with Gasteiger partial charge in [-0.15, -0.1) is 11.3 Å². The van der Waals surface area contributed by atoms with Crippen molar-refractivity contribution in [2.45, 2.75) is 19.3 Å². The smallest absolute Gasteiger partial charge is 0.0540 e. The molecule has 10 rings (SSSR count). The molecule has 1 nitrogen and oxygen atoms in total. The number of nitrogens with zero attached hydrogens (tertiary/aromatic N) is 1. The monoisotopic (exact) mass is 643 g/mol. The molecule has 1 aliphatic carbocycles. The van der Waals surface area contributed by atoms with Crippen LogP contribution in [0.5, 0.6) is 0 Å². The summed E-state index contributed by atoms with van der Waals surface area (Å²) in [6.45, 7) is 4.70. The third kappa shape index (κ3) is 4.31. The van der Waals surface area contributed by atoms with Crippen molar-refractivity contribution in [3.8, 4) is 22.3 Å². The molecule has 9 aromatic rings. The lowest BCUT2D eigenvalue weighted by Gasteiger charge is -2.29. The highest BCUT2D eigenvalue weighted by Gasteiger charge is 2.35. The first-order valence-corrected chi connectivity index (χ1v) is 17.8. The van der Waals surface area contributed by atoms with Crippen LogP contribution in [0.15, 0.2) is 164 Å². The van der Waals surface area contributed by atoms with Crippen LogP contribution < -0.4 is 4.90 Å². The molecule has 0 unspecified atom stereocenters. The third-order valence-corrected chi connectivity index (χ3v) is 11.8. The molecule has 0 saturated heterocycles. The minimum absolute atomic E-state index is 0.0482. The van der Waals surface area contributed by atoms with Crippen LogP contribution in [0.4, 0.5) is 17.1 Å². The Morgan fingerprint density at radius 1 is 0.408 bits per heavy atom. The van der Waals surface area contributed by atoms with Crippen LogP contribution in [-0.2, 0) is 5.41 Å². The Labute approximate surface area is 290 Å². The second kappa shape index (κ2) is 10.7. The standard InChI is InChI=1S/C47H33NS/c1-47(2)42-20-9-7-17-37(42)39-28-33(22-24-43(39)47)48(44-21-10-8-18-38(44)36-19-11-15-30-12-5-6-16-35(30)36)34-23-25-45-41(29-34)40-26-31-13-3-4-14-32(31)27-46(40)49-45/h3-29H,1-2H3. The minimum atomic E-state index is -0.0482. The Kier molecular flexibility index (Phi) is 6.16. The van der Waals surface area contributed by atoms with E-state index in [1.807, 2.05) is 11.3 Å². The first-order chi connectivity index (χ1) is 24.0. The fourth-order valence-electron chi connectivity index (χ4n) is 8.22. The van der Waals surface area contributed by atoms with Gasteiger partial charge in [0.1, 0.15) is 0 Å². The lowest BCUT2D eigenvalue weighted by Crippen LogP contribution is -2.15. The van der Waals surface area contributed by atoms with Crippen molar-refractivity contribution in [1.29, 1.82) is 0 Å². The van der Waals surface area contributed by atoms with Gasteiger partial charge in [-0.05, 0) is 97.9 Å². The first-order valence-electron chi connectivity index (χ1n) is 17.0. The summed E-state index contributed by atoms with van der Waals surface area (Å²) in [6, 6.07) is 60.8. The maximum absolute atomic E-state index is 2.48. The van der Waals surface area contributed by atoms with Crippen molar-refractivity contribution in [2.75, 3.05) is 4.90 Å². The highest BCUT2D eigenvalue weighted by atomic mass is 32.1. The number of thiophene rings is 1. The minimum Gasteiger partial charge on any atom is -0.310 e. The van der Waals surface area contributed by atoms with Crippen LogP contribution in [-0.4, -0.2) is 0 Å². The van der Waals surface area contributed by atoms with E-state index in [4.69, 9.17) is 0 Å². The molecule has 0 bridgehead atoms. The quantitative estimate of drug-likeness (QED) is 0.184. The summed E-state index contributed by atoms with van der Waals surface area (Å²) in [6.07, 6.45) is 0. The number of hydrogen-bond acceptors (Lipinski definition) is 2. The van der Waals surface area contributed by atoms with Gasteiger partial charge in [-0.25, -0.2) is 0 Å².